The summed E-state index contributed by atoms with van der Waals surface area (Å²) in [6.07, 6.45) is 6.59. The van der Waals surface area contributed by atoms with Crippen molar-refractivity contribution in [1.29, 1.82) is 0 Å². The Morgan fingerprint density at radius 2 is 2.17 bits per heavy atom. The maximum atomic E-state index is 6.15. The summed E-state index contributed by atoms with van der Waals surface area (Å²) in [5.74, 6) is 1.07. The zero-order valence-corrected chi connectivity index (χ0v) is 12.4. The van der Waals surface area contributed by atoms with E-state index in [4.69, 9.17) is 4.74 Å². The van der Waals surface area contributed by atoms with Gasteiger partial charge in [0.1, 0.15) is 5.75 Å². The predicted molar refractivity (Wildman–Crippen MR) is 77.0 cm³/mol. The van der Waals surface area contributed by atoms with Crippen molar-refractivity contribution in [3.05, 3.63) is 28.2 Å². The summed E-state index contributed by atoms with van der Waals surface area (Å²) in [6, 6.07) is 6.41. The fourth-order valence-electron chi connectivity index (χ4n) is 2.83. The third-order valence-electron chi connectivity index (χ3n) is 4.25. The van der Waals surface area contributed by atoms with Crippen molar-refractivity contribution in [2.75, 3.05) is 6.54 Å². The van der Waals surface area contributed by atoms with E-state index < -0.39 is 0 Å². The molecule has 3 heteroatoms. The molecule has 1 aliphatic carbocycles. The molecule has 0 spiro atoms. The first-order chi connectivity index (χ1) is 8.67. The molecule has 0 aromatic heterocycles. The van der Waals surface area contributed by atoms with Gasteiger partial charge >= 0.3 is 0 Å². The van der Waals surface area contributed by atoms with Crippen LogP contribution in [0.5, 0.6) is 5.75 Å². The summed E-state index contributed by atoms with van der Waals surface area (Å²) in [5.41, 5.74) is 1.38. The summed E-state index contributed by atoms with van der Waals surface area (Å²) in [6.45, 7) is 3.39. The number of rotatable bonds is 3. The average molecular weight is 310 g/mol. The van der Waals surface area contributed by atoms with Gasteiger partial charge in [-0.1, -0.05) is 15.9 Å². The minimum atomic E-state index is 0.0723. The quantitative estimate of drug-likeness (QED) is 0.912. The molecule has 3 rings (SSSR count). The summed E-state index contributed by atoms with van der Waals surface area (Å²) in [5, 5.41) is 3.63. The molecule has 18 heavy (non-hydrogen) atoms. The average Bonchev–Trinajstić information content (AvgIpc) is 2.73. The Labute approximate surface area is 117 Å². The van der Waals surface area contributed by atoms with Gasteiger partial charge in [0.05, 0.1) is 6.10 Å². The van der Waals surface area contributed by atoms with Crippen LogP contribution in [-0.2, 0) is 5.54 Å². The highest BCUT2D eigenvalue weighted by atomic mass is 79.9. The Kier molecular flexibility index (Phi) is 3.37. The van der Waals surface area contributed by atoms with Crippen molar-refractivity contribution < 1.29 is 4.74 Å². The molecule has 1 aromatic carbocycles. The molecule has 2 aliphatic rings. The van der Waals surface area contributed by atoms with Gasteiger partial charge in [0.25, 0.3) is 0 Å². The summed E-state index contributed by atoms with van der Waals surface area (Å²) in [7, 11) is 0. The lowest BCUT2D eigenvalue weighted by atomic mass is 9.89. The van der Waals surface area contributed by atoms with Crippen LogP contribution in [0.2, 0.25) is 0 Å². The first-order valence-electron chi connectivity index (χ1n) is 6.89. The van der Waals surface area contributed by atoms with Gasteiger partial charge < -0.3 is 10.1 Å². The number of hydrogen-bond acceptors (Lipinski definition) is 2. The fraction of sp³-hybridized carbons (Fsp3) is 0.600. The molecule has 1 aromatic rings. The SMILES string of the molecule is CC1(c2cc(Br)ccc2OC2CCC2)CCCN1. The Bertz CT molecular complexity index is 436. The van der Waals surface area contributed by atoms with Crippen molar-refractivity contribution >= 4 is 15.9 Å². The van der Waals surface area contributed by atoms with Gasteiger partial charge in [-0.05, 0) is 63.8 Å². The predicted octanol–water partition coefficient (Wildman–Crippen LogP) is 3.98. The molecule has 1 atom stereocenters. The zero-order chi connectivity index (χ0) is 12.6. The number of benzene rings is 1. The van der Waals surface area contributed by atoms with Crippen LogP contribution in [0.15, 0.2) is 22.7 Å². The standard InChI is InChI=1S/C15H20BrNO/c1-15(8-3-9-17-15)13-10-11(16)6-7-14(13)18-12-4-2-5-12/h6-7,10,12,17H,2-5,8-9H2,1H3. The van der Waals surface area contributed by atoms with E-state index in [9.17, 15) is 0 Å². The molecular weight excluding hydrogens is 290 g/mol. The first-order valence-corrected chi connectivity index (χ1v) is 7.68. The van der Waals surface area contributed by atoms with E-state index in [1.807, 2.05) is 0 Å². The normalized spacial score (nSPS) is 28.1. The maximum absolute atomic E-state index is 6.15. The minimum Gasteiger partial charge on any atom is -0.490 e. The molecule has 1 unspecified atom stereocenters. The molecule has 2 fully saturated rings. The van der Waals surface area contributed by atoms with Crippen molar-refractivity contribution in [2.45, 2.75) is 50.7 Å². The van der Waals surface area contributed by atoms with Crippen LogP contribution in [0.25, 0.3) is 0 Å². The Morgan fingerprint density at radius 1 is 1.33 bits per heavy atom. The lowest BCUT2D eigenvalue weighted by Crippen LogP contribution is -2.34. The molecule has 2 nitrogen and oxygen atoms in total. The molecule has 1 saturated heterocycles. The lowest BCUT2D eigenvalue weighted by Gasteiger charge is -2.32. The van der Waals surface area contributed by atoms with Crippen LogP contribution in [0, 0.1) is 0 Å². The Hall–Kier alpha value is -0.540. The summed E-state index contributed by atoms with van der Waals surface area (Å²) in [4.78, 5) is 0. The molecular formula is C15H20BrNO. The largest absolute Gasteiger partial charge is 0.490 e. The van der Waals surface area contributed by atoms with Gasteiger partial charge in [-0.15, -0.1) is 0 Å². The van der Waals surface area contributed by atoms with Gasteiger partial charge in [0.2, 0.25) is 0 Å². The topological polar surface area (TPSA) is 21.3 Å². The smallest absolute Gasteiger partial charge is 0.124 e. The van der Waals surface area contributed by atoms with Crippen LogP contribution in [0.1, 0.15) is 44.6 Å². The number of halogens is 1. The van der Waals surface area contributed by atoms with Crippen LogP contribution in [0.3, 0.4) is 0 Å². The van der Waals surface area contributed by atoms with Gasteiger partial charge in [-0.25, -0.2) is 0 Å². The summed E-state index contributed by atoms with van der Waals surface area (Å²) >= 11 is 3.58. The zero-order valence-electron chi connectivity index (χ0n) is 10.8. The molecule has 0 amide bonds. The van der Waals surface area contributed by atoms with E-state index in [-0.39, 0.29) is 5.54 Å². The first kappa shape index (κ1) is 12.5. The minimum absolute atomic E-state index is 0.0723. The lowest BCUT2D eigenvalue weighted by molar-refractivity contribution is 0.117. The highest BCUT2D eigenvalue weighted by molar-refractivity contribution is 9.10. The van der Waals surface area contributed by atoms with Crippen LogP contribution in [-0.4, -0.2) is 12.6 Å². The fourth-order valence-corrected chi connectivity index (χ4v) is 3.19. The number of ether oxygens (including phenoxy) is 1. The number of nitrogens with one attached hydrogen (secondary N) is 1. The van der Waals surface area contributed by atoms with E-state index in [1.165, 1.54) is 37.7 Å². The van der Waals surface area contributed by atoms with Crippen molar-refractivity contribution in [3.63, 3.8) is 0 Å². The van der Waals surface area contributed by atoms with E-state index in [0.717, 1.165) is 16.8 Å². The molecule has 98 valence electrons. The molecule has 1 aliphatic heterocycles. The third kappa shape index (κ3) is 2.30. The third-order valence-corrected chi connectivity index (χ3v) is 4.74. The molecule has 0 bridgehead atoms. The van der Waals surface area contributed by atoms with E-state index >= 15 is 0 Å². The monoisotopic (exact) mass is 309 g/mol. The highest BCUT2D eigenvalue weighted by Gasteiger charge is 2.33. The maximum Gasteiger partial charge on any atom is 0.124 e. The van der Waals surface area contributed by atoms with E-state index in [2.05, 4.69) is 46.4 Å². The van der Waals surface area contributed by atoms with Crippen LogP contribution < -0.4 is 10.1 Å². The van der Waals surface area contributed by atoms with Gasteiger partial charge in [0, 0.05) is 15.6 Å². The van der Waals surface area contributed by atoms with Gasteiger partial charge in [-0.3, -0.25) is 0 Å². The van der Waals surface area contributed by atoms with Gasteiger partial charge in [-0.2, -0.15) is 0 Å². The van der Waals surface area contributed by atoms with Crippen molar-refractivity contribution in [3.8, 4) is 5.75 Å². The molecule has 1 heterocycles. The number of hydrogen-bond donors (Lipinski definition) is 1. The molecule has 0 radical (unpaired) electrons. The van der Waals surface area contributed by atoms with E-state index in [1.54, 1.807) is 0 Å². The summed E-state index contributed by atoms with van der Waals surface area (Å²) < 4.78 is 7.29. The second-order valence-electron chi connectivity index (χ2n) is 5.67. The van der Waals surface area contributed by atoms with Crippen LogP contribution in [0.4, 0.5) is 0 Å². The molecule has 1 saturated carbocycles. The van der Waals surface area contributed by atoms with Crippen molar-refractivity contribution in [1.82, 2.24) is 5.32 Å². The second-order valence-corrected chi connectivity index (χ2v) is 6.59. The highest BCUT2D eigenvalue weighted by Crippen LogP contribution is 2.39. The second kappa shape index (κ2) is 4.86. The molecule has 1 N–H and O–H groups in total. The Morgan fingerprint density at radius 3 is 2.78 bits per heavy atom. The van der Waals surface area contributed by atoms with Gasteiger partial charge in [0.15, 0.2) is 0 Å². The van der Waals surface area contributed by atoms with Crippen molar-refractivity contribution in [2.24, 2.45) is 0 Å². The Balaban J connectivity index is 1.91. The van der Waals surface area contributed by atoms with E-state index in [0.29, 0.717) is 6.10 Å². The van der Waals surface area contributed by atoms with Crippen LogP contribution >= 0.6 is 15.9 Å².